The first-order valence-electron chi connectivity index (χ1n) is 8.91. The lowest BCUT2D eigenvalue weighted by atomic mass is 9.73. The molecule has 9 nitrogen and oxygen atoms in total. The summed E-state index contributed by atoms with van der Waals surface area (Å²) >= 11 is 0. The number of carbonyl (C=O) groups is 3. The van der Waals surface area contributed by atoms with Gasteiger partial charge in [0, 0.05) is 19.3 Å². The molecule has 1 aliphatic rings. The highest BCUT2D eigenvalue weighted by atomic mass is 19.1. The van der Waals surface area contributed by atoms with Gasteiger partial charge in [0.05, 0.1) is 11.7 Å². The topological polar surface area (TPSA) is 148 Å². The summed E-state index contributed by atoms with van der Waals surface area (Å²) in [7, 11) is 0. The van der Waals surface area contributed by atoms with Gasteiger partial charge in [-0.25, -0.2) is 14.2 Å². The summed E-state index contributed by atoms with van der Waals surface area (Å²) in [5.41, 5.74) is -0.844. The van der Waals surface area contributed by atoms with Crippen LogP contribution in [-0.4, -0.2) is 63.0 Å². The van der Waals surface area contributed by atoms with Crippen molar-refractivity contribution < 1.29 is 39.2 Å². The van der Waals surface area contributed by atoms with Crippen molar-refractivity contribution in [3.63, 3.8) is 0 Å². The summed E-state index contributed by atoms with van der Waals surface area (Å²) in [5.74, 6) is -2.22. The van der Waals surface area contributed by atoms with E-state index < -0.39 is 29.3 Å². The van der Waals surface area contributed by atoms with Crippen LogP contribution in [0.1, 0.15) is 22.3 Å². The van der Waals surface area contributed by atoms with Crippen molar-refractivity contribution in [2.45, 2.75) is 18.9 Å². The molecule has 2 atom stereocenters. The maximum Gasteiger partial charge on any atom is 0.337 e. The van der Waals surface area contributed by atoms with Crippen LogP contribution < -0.4 is 4.90 Å². The van der Waals surface area contributed by atoms with Gasteiger partial charge < -0.3 is 25.3 Å². The number of pyridine rings is 1. The van der Waals surface area contributed by atoms with E-state index in [0.717, 1.165) is 0 Å². The fourth-order valence-electron chi connectivity index (χ4n) is 3.40. The molecule has 160 valence electrons. The Kier molecular flexibility index (Phi) is 7.43. The molecular weight excluding hydrogens is 399 g/mol. The molecule has 30 heavy (non-hydrogen) atoms. The lowest BCUT2D eigenvalue weighted by Crippen LogP contribution is -2.57. The van der Waals surface area contributed by atoms with E-state index in [9.17, 15) is 24.2 Å². The zero-order chi connectivity index (χ0) is 22.3. The van der Waals surface area contributed by atoms with Crippen LogP contribution in [0, 0.1) is 11.2 Å². The first-order chi connectivity index (χ1) is 14.2. The number of aliphatic hydroxyl groups excluding tert-OH is 1. The van der Waals surface area contributed by atoms with Crippen molar-refractivity contribution in [2.75, 3.05) is 18.0 Å². The predicted octanol–water partition coefficient (Wildman–Crippen LogP) is 1.50. The van der Waals surface area contributed by atoms with Gasteiger partial charge in [0.2, 0.25) is 0 Å². The quantitative estimate of drug-likeness (QED) is 0.528. The zero-order valence-corrected chi connectivity index (χ0v) is 15.8. The molecule has 10 heteroatoms. The highest BCUT2D eigenvalue weighted by Crippen LogP contribution is 2.36. The molecule has 0 aliphatic carbocycles. The minimum Gasteiger partial charge on any atom is -0.483 e. The zero-order valence-electron chi connectivity index (χ0n) is 15.8. The van der Waals surface area contributed by atoms with E-state index in [0.29, 0.717) is 17.9 Å². The highest BCUT2D eigenvalue weighted by Gasteiger charge is 2.49. The molecule has 0 unspecified atom stereocenters. The molecule has 1 aromatic heterocycles. The Balaban J connectivity index is 0.00000101. The number of aromatic carboxylic acids is 1. The first-order valence-corrected chi connectivity index (χ1v) is 8.91. The fourth-order valence-corrected chi connectivity index (χ4v) is 3.40. The maximum atomic E-state index is 13.1. The van der Waals surface area contributed by atoms with Crippen molar-refractivity contribution in [1.29, 1.82) is 0 Å². The molecule has 0 amide bonds. The summed E-state index contributed by atoms with van der Waals surface area (Å²) in [6.45, 7) is 0.138. The van der Waals surface area contributed by atoms with Gasteiger partial charge in [-0.1, -0.05) is 12.1 Å². The second-order valence-corrected chi connectivity index (χ2v) is 6.81. The number of benzene rings is 1. The molecule has 0 saturated carbocycles. The normalized spacial score (nSPS) is 20.6. The Morgan fingerprint density at radius 3 is 2.33 bits per heavy atom. The van der Waals surface area contributed by atoms with E-state index in [1.165, 1.54) is 42.6 Å². The van der Waals surface area contributed by atoms with Crippen LogP contribution in [0.3, 0.4) is 0 Å². The van der Waals surface area contributed by atoms with Crippen LogP contribution in [0.15, 0.2) is 42.6 Å². The smallest absolute Gasteiger partial charge is 0.337 e. The molecule has 4 N–H and O–H groups in total. The number of halogens is 1. The molecule has 1 aromatic carbocycles. The largest absolute Gasteiger partial charge is 0.483 e. The molecular formula is C20H21FN2O7. The van der Waals surface area contributed by atoms with Gasteiger partial charge in [-0.05, 0) is 42.7 Å². The van der Waals surface area contributed by atoms with Gasteiger partial charge in [-0.2, -0.15) is 0 Å². The lowest BCUT2D eigenvalue weighted by molar-refractivity contribution is -0.157. The number of hydrogen-bond donors (Lipinski definition) is 4. The molecule has 1 saturated heterocycles. The monoisotopic (exact) mass is 420 g/mol. The van der Waals surface area contributed by atoms with Gasteiger partial charge in [-0.15, -0.1) is 0 Å². The average molecular weight is 420 g/mol. The molecule has 0 bridgehead atoms. The van der Waals surface area contributed by atoms with Crippen molar-refractivity contribution >= 4 is 24.2 Å². The van der Waals surface area contributed by atoms with Crippen molar-refractivity contribution in [2.24, 2.45) is 5.41 Å². The van der Waals surface area contributed by atoms with Gasteiger partial charge >= 0.3 is 11.9 Å². The van der Waals surface area contributed by atoms with E-state index in [1.807, 2.05) is 0 Å². The second kappa shape index (κ2) is 9.79. The van der Waals surface area contributed by atoms with Crippen LogP contribution in [0.2, 0.25) is 0 Å². The summed E-state index contributed by atoms with van der Waals surface area (Å²) in [4.78, 5) is 37.3. The number of piperidine rings is 1. The predicted molar refractivity (Wildman–Crippen MR) is 103 cm³/mol. The first kappa shape index (κ1) is 22.8. The molecule has 3 rings (SSSR count). The number of carboxylic acid groups (broad SMARTS) is 3. The third-order valence-corrected chi connectivity index (χ3v) is 4.96. The third kappa shape index (κ3) is 5.09. The molecule has 1 fully saturated rings. The summed E-state index contributed by atoms with van der Waals surface area (Å²) in [6.07, 6.45) is 0.392. The van der Waals surface area contributed by atoms with Crippen LogP contribution in [0.5, 0.6) is 0 Å². The molecule has 2 heterocycles. The molecule has 1 aliphatic heterocycles. The van der Waals surface area contributed by atoms with E-state index in [-0.39, 0.29) is 31.4 Å². The van der Waals surface area contributed by atoms with E-state index in [2.05, 4.69) is 4.98 Å². The SMILES string of the molecule is O=C(O)c1ccc(N2CC[C@@H](O)[C@](Cc3ccc(F)cc3)(C(=O)O)C2)nc1.O=CO. The fraction of sp³-hybridized carbons (Fsp3) is 0.300. The van der Waals surface area contributed by atoms with Crippen molar-refractivity contribution in [3.05, 3.63) is 59.5 Å². The number of aromatic nitrogens is 1. The highest BCUT2D eigenvalue weighted by molar-refractivity contribution is 5.87. The Hall–Kier alpha value is -3.53. The Morgan fingerprint density at radius 1 is 1.20 bits per heavy atom. The van der Waals surface area contributed by atoms with Gasteiger partial charge in [0.15, 0.2) is 0 Å². The molecule has 0 radical (unpaired) electrons. The Bertz CT molecular complexity index is 889. The minimum atomic E-state index is -1.48. The molecule has 2 aromatic rings. The number of anilines is 1. The van der Waals surface area contributed by atoms with Crippen molar-refractivity contribution in [1.82, 2.24) is 4.98 Å². The van der Waals surface area contributed by atoms with Gasteiger partial charge in [0.25, 0.3) is 6.47 Å². The van der Waals surface area contributed by atoms with Crippen LogP contribution in [0.25, 0.3) is 0 Å². The van der Waals surface area contributed by atoms with Crippen molar-refractivity contribution in [3.8, 4) is 0 Å². The third-order valence-electron chi connectivity index (χ3n) is 4.96. The van der Waals surface area contributed by atoms with Crippen LogP contribution >= 0.6 is 0 Å². The lowest BCUT2D eigenvalue weighted by Gasteiger charge is -2.44. The molecule has 0 spiro atoms. The Morgan fingerprint density at radius 2 is 1.83 bits per heavy atom. The van der Waals surface area contributed by atoms with Crippen LogP contribution in [0.4, 0.5) is 10.2 Å². The number of rotatable bonds is 5. The van der Waals surface area contributed by atoms with E-state index in [1.54, 1.807) is 4.90 Å². The summed E-state index contributed by atoms with van der Waals surface area (Å²) in [6, 6.07) is 8.44. The maximum absolute atomic E-state index is 13.1. The van der Waals surface area contributed by atoms with Gasteiger partial charge in [-0.3, -0.25) is 9.59 Å². The minimum absolute atomic E-state index is 0.000292. The van der Waals surface area contributed by atoms with E-state index >= 15 is 0 Å². The number of hydrogen-bond acceptors (Lipinski definition) is 6. The standard InChI is InChI=1S/C19H19FN2O5.CH2O2/c20-14-4-1-12(2-5-14)9-19(18(26)27)11-22(8-7-15(19)23)16-6-3-13(10-21-16)17(24)25;2-1-3/h1-6,10,15,23H,7-9,11H2,(H,24,25)(H,26,27);1H,(H,2,3)/t15-,19-;/m1./s1. The van der Waals surface area contributed by atoms with Crippen LogP contribution in [-0.2, 0) is 16.0 Å². The summed E-state index contributed by atoms with van der Waals surface area (Å²) in [5, 5.41) is 36.3. The van der Waals surface area contributed by atoms with E-state index in [4.69, 9.17) is 15.0 Å². The number of nitrogens with zero attached hydrogens (tertiary/aromatic N) is 2. The number of aliphatic carboxylic acids is 1. The summed E-state index contributed by atoms with van der Waals surface area (Å²) < 4.78 is 13.1. The number of carboxylic acids is 2. The average Bonchev–Trinajstić information content (AvgIpc) is 2.72. The number of aliphatic hydroxyl groups is 1. The van der Waals surface area contributed by atoms with Gasteiger partial charge in [0.1, 0.15) is 17.1 Å². The Labute approximate surface area is 171 Å². The second-order valence-electron chi connectivity index (χ2n) is 6.81.